The monoisotopic (exact) mass is 380 g/mol. The molecule has 1 aliphatic heterocycles. The molecule has 2 aromatic rings. The highest BCUT2D eigenvalue weighted by molar-refractivity contribution is 8.14. The molecule has 0 spiro atoms. The summed E-state index contributed by atoms with van der Waals surface area (Å²) in [7, 11) is -3.59. The van der Waals surface area contributed by atoms with Gasteiger partial charge < -0.3 is 0 Å². The minimum absolute atomic E-state index is 0.234. The van der Waals surface area contributed by atoms with Crippen LogP contribution in [0.4, 0.5) is 0 Å². The quantitative estimate of drug-likeness (QED) is 0.807. The minimum Gasteiger partial charge on any atom is -0.260 e. The molecule has 4 nitrogen and oxygen atoms in total. The van der Waals surface area contributed by atoms with Crippen molar-refractivity contribution in [2.45, 2.75) is 17.6 Å². The summed E-state index contributed by atoms with van der Waals surface area (Å²) in [6.45, 7) is 2.91. The van der Waals surface area contributed by atoms with Crippen LogP contribution in [0.15, 0.2) is 58.4 Å². The summed E-state index contributed by atoms with van der Waals surface area (Å²) in [6.07, 6.45) is 0. The van der Waals surface area contributed by atoms with Gasteiger partial charge in [0.2, 0.25) is 0 Å². The molecular formula is C17H17ClN2O2S2. The highest BCUT2D eigenvalue weighted by atomic mass is 35.5. The first kappa shape index (κ1) is 17.3. The molecule has 1 aliphatic rings. The normalized spacial score (nSPS) is 14.8. The lowest BCUT2D eigenvalue weighted by Gasteiger charge is -2.20. The maximum absolute atomic E-state index is 12.8. The van der Waals surface area contributed by atoms with Crippen LogP contribution in [0.25, 0.3) is 0 Å². The molecule has 0 aliphatic carbocycles. The van der Waals surface area contributed by atoms with E-state index < -0.39 is 10.0 Å². The summed E-state index contributed by atoms with van der Waals surface area (Å²) in [5, 5.41) is 1.06. The predicted octanol–water partition coefficient (Wildman–Crippen LogP) is 3.94. The van der Waals surface area contributed by atoms with Crippen LogP contribution in [0.1, 0.15) is 11.1 Å². The number of thioether (sulfide) groups is 1. The molecule has 0 radical (unpaired) electrons. The molecule has 0 unspecified atom stereocenters. The van der Waals surface area contributed by atoms with Crippen molar-refractivity contribution < 1.29 is 8.42 Å². The van der Waals surface area contributed by atoms with Gasteiger partial charge in [-0.2, -0.15) is 0 Å². The molecule has 126 valence electrons. The van der Waals surface area contributed by atoms with Crippen LogP contribution in [0.2, 0.25) is 5.02 Å². The highest BCUT2D eigenvalue weighted by Crippen LogP contribution is 2.26. The summed E-state index contributed by atoms with van der Waals surface area (Å²) in [6, 6.07) is 14.4. The highest BCUT2D eigenvalue weighted by Gasteiger charge is 2.30. The lowest BCUT2D eigenvalue weighted by Crippen LogP contribution is -2.32. The second-order valence-electron chi connectivity index (χ2n) is 5.47. The first-order valence-corrected chi connectivity index (χ1v) is 10.3. The average Bonchev–Trinajstić information content (AvgIpc) is 3.03. The molecule has 0 saturated heterocycles. The van der Waals surface area contributed by atoms with Crippen LogP contribution >= 0.6 is 23.4 Å². The number of sulfonamides is 1. The molecule has 24 heavy (non-hydrogen) atoms. The smallest absolute Gasteiger partial charge is 0.260 e. The van der Waals surface area contributed by atoms with Crippen LogP contribution < -0.4 is 0 Å². The Balaban J connectivity index is 1.76. The standard InChI is InChI=1S/C17H17ClN2O2S2/c1-13-3-2-4-14(11-13)12-23-17-19-9-10-20(17)24(21,22)16-7-5-15(18)6-8-16/h2-8,11H,9-10,12H2,1H3. The van der Waals surface area contributed by atoms with Gasteiger partial charge in [0.15, 0.2) is 5.17 Å². The fourth-order valence-electron chi connectivity index (χ4n) is 2.44. The van der Waals surface area contributed by atoms with Crippen LogP contribution in [0, 0.1) is 6.92 Å². The van der Waals surface area contributed by atoms with Gasteiger partial charge in [-0.05, 0) is 36.8 Å². The summed E-state index contributed by atoms with van der Waals surface area (Å²) in [5.41, 5.74) is 2.34. The van der Waals surface area contributed by atoms with Gasteiger partial charge in [0.1, 0.15) is 0 Å². The fourth-order valence-corrected chi connectivity index (χ4v) is 5.23. The van der Waals surface area contributed by atoms with E-state index >= 15 is 0 Å². The molecule has 0 aromatic heterocycles. The van der Waals surface area contributed by atoms with Crippen molar-refractivity contribution in [1.82, 2.24) is 4.31 Å². The van der Waals surface area contributed by atoms with E-state index in [1.54, 1.807) is 12.1 Å². The molecule has 3 rings (SSSR count). The van der Waals surface area contributed by atoms with Gasteiger partial charge in [0.25, 0.3) is 10.0 Å². The number of aliphatic imine (C=N–C) groups is 1. The average molecular weight is 381 g/mol. The summed E-state index contributed by atoms with van der Waals surface area (Å²) >= 11 is 7.29. The van der Waals surface area contributed by atoms with Gasteiger partial charge in [0.05, 0.1) is 18.0 Å². The van der Waals surface area contributed by atoms with Crippen molar-refractivity contribution in [1.29, 1.82) is 0 Å². The van der Waals surface area contributed by atoms with E-state index in [2.05, 4.69) is 11.1 Å². The number of halogens is 1. The Morgan fingerprint density at radius 3 is 2.67 bits per heavy atom. The van der Waals surface area contributed by atoms with E-state index in [1.807, 2.05) is 25.1 Å². The fraction of sp³-hybridized carbons (Fsp3) is 0.235. The van der Waals surface area contributed by atoms with E-state index in [-0.39, 0.29) is 4.90 Å². The van der Waals surface area contributed by atoms with Crippen molar-refractivity contribution in [3.05, 3.63) is 64.7 Å². The van der Waals surface area contributed by atoms with Gasteiger partial charge in [-0.3, -0.25) is 4.99 Å². The first-order valence-electron chi connectivity index (χ1n) is 7.48. The molecule has 0 atom stereocenters. The second kappa shape index (κ2) is 7.17. The van der Waals surface area contributed by atoms with Gasteiger partial charge in [-0.25, -0.2) is 12.7 Å². The van der Waals surface area contributed by atoms with Gasteiger partial charge in [0, 0.05) is 10.8 Å². The SMILES string of the molecule is Cc1cccc(CSC2=NCCN2S(=O)(=O)c2ccc(Cl)cc2)c1. The first-order chi connectivity index (χ1) is 11.5. The molecular weight excluding hydrogens is 364 g/mol. The maximum atomic E-state index is 12.8. The molecule has 1 heterocycles. The third-order valence-electron chi connectivity index (χ3n) is 3.62. The molecule has 0 bridgehead atoms. The third kappa shape index (κ3) is 3.77. The molecule has 0 amide bonds. The van der Waals surface area contributed by atoms with Crippen molar-refractivity contribution >= 4 is 38.6 Å². The lowest BCUT2D eigenvalue weighted by atomic mass is 10.2. The van der Waals surface area contributed by atoms with Crippen molar-refractivity contribution in [2.24, 2.45) is 4.99 Å². The number of amidine groups is 1. The van der Waals surface area contributed by atoms with E-state index in [0.717, 1.165) is 5.56 Å². The van der Waals surface area contributed by atoms with Gasteiger partial charge in [-0.1, -0.05) is 53.2 Å². The maximum Gasteiger partial charge on any atom is 0.265 e. The molecule has 0 N–H and O–H groups in total. The Morgan fingerprint density at radius 1 is 1.21 bits per heavy atom. The van der Waals surface area contributed by atoms with Crippen molar-refractivity contribution in [3.8, 4) is 0 Å². The van der Waals surface area contributed by atoms with Crippen LogP contribution in [0.5, 0.6) is 0 Å². The summed E-state index contributed by atoms with van der Waals surface area (Å²) < 4.78 is 27.0. The number of rotatable bonds is 4. The molecule has 0 saturated carbocycles. The molecule has 0 fully saturated rings. The lowest BCUT2D eigenvalue weighted by molar-refractivity contribution is 0.540. The number of nitrogens with zero attached hydrogens (tertiary/aromatic N) is 2. The second-order valence-corrected chi connectivity index (χ2v) is 8.71. The van der Waals surface area contributed by atoms with E-state index in [4.69, 9.17) is 11.6 Å². The number of hydrogen-bond donors (Lipinski definition) is 0. The Morgan fingerprint density at radius 2 is 1.96 bits per heavy atom. The van der Waals surface area contributed by atoms with E-state index in [1.165, 1.54) is 33.8 Å². The van der Waals surface area contributed by atoms with Crippen LogP contribution in [0.3, 0.4) is 0 Å². The third-order valence-corrected chi connectivity index (χ3v) is 6.87. The van der Waals surface area contributed by atoms with E-state index in [9.17, 15) is 8.42 Å². The van der Waals surface area contributed by atoms with Crippen LogP contribution in [-0.2, 0) is 15.8 Å². The topological polar surface area (TPSA) is 49.7 Å². The van der Waals surface area contributed by atoms with Gasteiger partial charge >= 0.3 is 0 Å². The summed E-state index contributed by atoms with van der Waals surface area (Å²) in [4.78, 5) is 4.60. The largest absolute Gasteiger partial charge is 0.265 e. The predicted molar refractivity (Wildman–Crippen MR) is 100 cm³/mol. The molecule has 7 heteroatoms. The zero-order valence-corrected chi connectivity index (χ0v) is 15.5. The zero-order chi connectivity index (χ0) is 17.2. The van der Waals surface area contributed by atoms with Gasteiger partial charge in [-0.15, -0.1) is 0 Å². The summed E-state index contributed by atoms with van der Waals surface area (Å²) in [5.74, 6) is 0.688. The zero-order valence-electron chi connectivity index (χ0n) is 13.1. The number of hydrogen-bond acceptors (Lipinski definition) is 4. The minimum atomic E-state index is -3.59. The Hall–Kier alpha value is -1.50. The number of aryl methyl sites for hydroxylation is 1. The Bertz CT molecular complexity index is 864. The van der Waals surface area contributed by atoms with E-state index in [0.29, 0.717) is 29.0 Å². The van der Waals surface area contributed by atoms with Crippen molar-refractivity contribution in [2.75, 3.05) is 13.1 Å². The molecule has 2 aromatic carbocycles. The van der Waals surface area contributed by atoms with Crippen molar-refractivity contribution in [3.63, 3.8) is 0 Å². The number of benzene rings is 2. The van der Waals surface area contributed by atoms with Crippen LogP contribution in [-0.4, -0.2) is 31.0 Å². The Kier molecular flexibility index (Phi) is 5.18. The Labute approximate surface area is 151 Å².